The molecule has 0 spiro atoms. The Morgan fingerprint density at radius 2 is 1.63 bits per heavy atom. The summed E-state index contributed by atoms with van der Waals surface area (Å²) in [4.78, 5) is 12.4. The minimum atomic E-state index is -0.647. The number of benzene rings is 2. The number of hydrogen-bond donors (Lipinski definition) is 5. The molecule has 0 aliphatic heterocycles. The fourth-order valence-corrected chi connectivity index (χ4v) is 9.80. The second kappa shape index (κ2) is 19.0. The number of rotatable bonds is 16. The van der Waals surface area contributed by atoms with Crippen LogP contribution < -0.4 is 5.32 Å². The number of fused-ring (bicyclic) bond motifs is 5. The van der Waals surface area contributed by atoms with Crippen LogP contribution in [0, 0.1) is 28.6 Å². The summed E-state index contributed by atoms with van der Waals surface area (Å²) in [6.07, 6.45) is 17.9. The van der Waals surface area contributed by atoms with Crippen LogP contribution in [0.4, 0.5) is 0 Å². The van der Waals surface area contributed by atoms with Gasteiger partial charge in [-0.05, 0) is 130 Å². The van der Waals surface area contributed by atoms with Crippen molar-refractivity contribution in [2.45, 2.75) is 129 Å². The Kier molecular flexibility index (Phi) is 14.8. The Morgan fingerprint density at radius 1 is 0.902 bits per heavy atom. The molecule has 2 aromatic rings. The standard InChI is InChI=1S/C25H37NO4.C19H28O2/c27-20-23-18-22(13-14-24(23)28)25(29)19-26-15-7-1-2-8-16-30-17-9-6-12-21-10-4-3-5-11-21;1-18-9-7-13(20)11-12(18)3-4-14-15-5-6-17(21)19(15,2)10-8-16(14)18/h3-5,10-11,13-14,18,25-29H,1-2,6-9,12,15-17,19-20H2;3,13-16,20H,4-11H2,1-2H3/t;13-,14-,15-,16-,18-,19-/m.0/s1. The molecular formula is C44H65NO6. The van der Waals surface area contributed by atoms with Crippen molar-refractivity contribution in [2.24, 2.45) is 28.6 Å². The average Bonchev–Trinajstić information content (AvgIpc) is 3.45. The SMILES string of the molecule is C[C@]12CC[C@H](O)CC1=CC[C@@H]1[C@@H]2CC[C@]2(C)C(=O)CC[C@@H]12.OCc1cc(C(O)CNCCCCCCOCCCCc2ccccc2)ccc1O. The second-order valence-electron chi connectivity index (χ2n) is 16.3. The zero-order valence-electron chi connectivity index (χ0n) is 31.3. The van der Waals surface area contributed by atoms with Crippen molar-refractivity contribution in [1.82, 2.24) is 5.32 Å². The molecule has 4 aliphatic rings. The van der Waals surface area contributed by atoms with Crippen LogP contribution in [0.2, 0.25) is 0 Å². The summed E-state index contributed by atoms with van der Waals surface area (Å²) in [7, 11) is 0. The average molecular weight is 704 g/mol. The van der Waals surface area contributed by atoms with Gasteiger partial charge in [0.2, 0.25) is 0 Å². The highest BCUT2D eigenvalue weighted by Crippen LogP contribution is 2.63. The first-order valence-electron chi connectivity index (χ1n) is 20.0. The first kappa shape index (κ1) is 39.7. The van der Waals surface area contributed by atoms with Crippen molar-refractivity contribution in [1.29, 1.82) is 0 Å². The van der Waals surface area contributed by atoms with Crippen LogP contribution in [0.3, 0.4) is 0 Å². The van der Waals surface area contributed by atoms with Crippen molar-refractivity contribution in [3.63, 3.8) is 0 Å². The van der Waals surface area contributed by atoms with Gasteiger partial charge in [-0.15, -0.1) is 0 Å². The van der Waals surface area contributed by atoms with E-state index < -0.39 is 6.10 Å². The number of aryl methyl sites for hydroxylation is 1. The lowest BCUT2D eigenvalue weighted by atomic mass is 9.48. The summed E-state index contributed by atoms with van der Waals surface area (Å²) in [6.45, 7) is 7.46. The topological polar surface area (TPSA) is 119 Å². The van der Waals surface area contributed by atoms with Crippen molar-refractivity contribution < 1.29 is 30.0 Å². The van der Waals surface area contributed by atoms with Crippen LogP contribution in [0.15, 0.2) is 60.2 Å². The quantitative estimate of drug-likeness (QED) is 0.0889. The fourth-order valence-electron chi connectivity index (χ4n) is 9.80. The van der Waals surface area contributed by atoms with Crippen molar-refractivity contribution >= 4 is 5.78 Å². The molecule has 5 N–H and O–H groups in total. The highest BCUT2D eigenvalue weighted by atomic mass is 16.5. The van der Waals surface area contributed by atoms with Gasteiger partial charge in [-0.1, -0.05) is 74.7 Å². The van der Waals surface area contributed by atoms with E-state index in [0.29, 0.717) is 40.7 Å². The molecule has 0 radical (unpaired) electrons. The molecule has 3 saturated carbocycles. The number of ketones is 1. The Bertz CT molecular complexity index is 1410. The van der Waals surface area contributed by atoms with Gasteiger partial charge in [-0.25, -0.2) is 0 Å². The van der Waals surface area contributed by atoms with Gasteiger partial charge in [0.15, 0.2) is 0 Å². The Labute approximate surface area is 306 Å². The smallest absolute Gasteiger partial charge is 0.139 e. The van der Waals surface area contributed by atoms with Crippen molar-refractivity contribution in [3.8, 4) is 5.75 Å². The number of aliphatic hydroxyl groups is 3. The van der Waals surface area contributed by atoms with Gasteiger partial charge in [-0.3, -0.25) is 4.79 Å². The van der Waals surface area contributed by atoms with Crippen molar-refractivity contribution in [3.05, 3.63) is 76.9 Å². The van der Waals surface area contributed by atoms with Gasteiger partial charge in [-0.2, -0.15) is 0 Å². The van der Waals surface area contributed by atoms with Crippen LogP contribution in [-0.4, -0.2) is 58.6 Å². The number of aromatic hydroxyl groups is 1. The van der Waals surface area contributed by atoms with Gasteiger partial charge < -0.3 is 30.5 Å². The van der Waals surface area contributed by atoms with E-state index in [9.17, 15) is 25.2 Å². The van der Waals surface area contributed by atoms with Gasteiger partial charge in [0, 0.05) is 37.2 Å². The Balaban J connectivity index is 0.000000209. The molecule has 0 heterocycles. The monoisotopic (exact) mass is 703 g/mol. The summed E-state index contributed by atoms with van der Waals surface area (Å²) >= 11 is 0. The van der Waals surface area contributed by atoms with Gasteiger partial charge >= 0.3 is 0 Å². The molecular weight excluding hydrogens is 638 g/mol. The molecule has 7 atom stereocenters. The van der Waals surface area contributed by atoms with E-state index in [1.165, 1.54) is 30.0 Å². The van der Waals surface area contributed by atoms with E-state index in [0.717, 1.165) is 109 Å². The summed E-state index contributed by atoms with van der Waals surface area (Å²) in [5.41, 5.74) is 4.34. The second-order valence-corrected chi connectivity index (χ2v) is 16.3. The van der Waals surface area contributed by atoms with E-state index in [2.05, 4.69) is 55.6 Å². The van der Waals surface area contributed by atoms with Crippen LogP contribution in [0.5, 0.6) is 5.75 Å². The molecule has 7 nitrogen and oxygen atoms in total. The molecule has 7 heteroatoms. The number of unbranched alkanes of at least 4 members (excludes halogenated alkanes) is 4. The maximum absolute atomic E-state index is 12.4. The summed E-state index contributed by atoms with van der Waals surface area (Å²) in [5.74, 6) is 2.65. The number of phenols is 1. The predicted octanol–water partition coefficient (Wildman–Crippen LogP) is 7.99. The van der Waals surface area contributed by atoms with Crippen LogP contribution in [0.1, 0.15) is 127 Å². The first-order chi connectivity index (χ1) is 24.7. The summed E-state index contributed by atoms with van der Waals surface area (Å²) < 4.78 is 5.72. The van der Waals surface area contributed by atoms with Crippen molar-refractivity contribution in [2.75, 3.05) is 26.3 Å². The highest BCUT2D eigenvalue weighted by molar-refractivity contribution is 5.87. The number of Topliss-reactive ketones (excluding diaryl/α,β-unsaturated/α-hetero) is 1. The third-order valence-corrected chi connectivity index (χ3v) is 13.0. The molecule has 2 aromatic carbocycles. The van der Waals surface area contributed by atoms with Gasteiger partial charge in [0.1, 0.15) is 11.5 Å². The molecule has 3 fully saturated rings. The highest BCUT2D eigenvalue weighted by Gasteiger charge is 2.58. The zero-order valence-corrected chi connectivity index (χ0v) is 31.3. The largest absolute Gasteiger partial charge is 0.508 e. The van der Waals surface area contributed by atoms with E-state index in [-0.39, 0.29) is 23.9 Å². The zero-order chi connectivity index (χ0) is 36.3. The lowest BCUT2D eigenvalue weighted by Gasteiger charge is -2.56. The third kappa shape index (κ3) is 10.1. The lowest BCUT2D eigenvalue weighted by Crippen LogP contribution is -2.50. The molecule has 0 bridgehead atoms. The predicted molar refractivity (Wildman–Crippen MR) is 203 cm³/mol. The normalized spacial score (nSPS) is 28.9. The molecule has 0 amide bonds. The number of carbonyl (C=O) groups is 1. The number of aliphatic hydroxyl groups excluding tert-OH is 3. The van der Waals surface area contributed by atoms with E-state index in [1.807, 2.05) is 0 Å². The first-order valence-corrected chi connectivity index (χ1v) is 20.0. The van der Waals surface area contributed by atoms with Gasteiger partial charge in [0.25, 0.3) is 0 Å². The van der Waals surface area contributed by atoms with Crippen LogP contribution in [-0.2, 0) is 22.6 Å². The molecule has 51 heavy (non-hydrogen) atoms. The Hall–Kier alpha value is -2.55. The fraction of sp³-hybridized carbons (Fsp3) is 0.659. The van der Waals surface area contributed by atoms with E-state index in [4.69, 9.17) is 4.74 Å². The molecule has 0 aromatic heterocycles. The van der Waals surface area contributed by atoms with Crippen LogP contribution >= 0.6 is 0 Å². The number of ether oxygens (including phenoxy) is 1. The minimum Gasteiger partial charge on any atom is -0.508 e. The summed E-state index contributed by atoms with van der Waals surface area (Å²) in [6, 6.07) is 15.4. The molecule has 0 saturated heterocycles. The lowest BCUT2D eigenvalue weighted by molar-refractivity contribution is -0.132. The van der Waals surface area contributed by atoms with Crippen LogP contribution in [0.25, 0.3) is 0 Å². The molecule has 1 unspecified atom stereocenters. The number of carbonyl (C=O) groups excluding carboxylic acids is 1. The van der Waals surface area contributed by atoms with E-state index >= 15 is 0 Å². The molecule has 6 rings (SSSR count). The number of hydrogen-bond acceptors (Lipinski definition) is 7. The third-order valence-electron chi connectivity index (χ3n) is 13.0. The number of nitrogens with one attached hydrogen (secondary N) is 1. The Morgan fingerprint density at radius 3 is 2.41 bits per heavy atom. The molecule has 282 valence electrons. The van der Waals surface area contributed by atoms with E-state index in [1.54, 1.807) is 12.1 Å². The van der Waals surface area contributed by atoms with Gasteiger partial charge in [0.05, 0.1) is 18.8 Å². The maximum Gasteiger partial charge on any atom is 0.139 e. The molecule has 4 aliphatic carbocycles. The number of allylic oxidation sites excluding steroid dienone is 1. The summed E-state index contributed by atoms with van der Waals surface area (Å²) in [5, 5.41) is 42.3. The maximum atomic E-state index is 12.4. The minimum absolute atomic E-state index is 0.0168.